The maximum atomic E-state index is 15.4. The molecule has 0 unspecified atom stereocenters. The molecule has 2 aliphatic rings. The van der Waals surface area contributed by atoms with Gasteiger partial charge in [0.25, 0.3) is 0 Å². The maximum Gasteiger partial charge on any atom is 0.413 e. The van der Waals surface area contributed by atoms with E-state index in [1.54, 1.807) is 18.3 Å². The van der Waals surface area contributed by atoms with Gasteiger partial charge in [0, 0.05) is 41.5 Å². The smallest absolute Gasteiger partial charge is 0.413 e. The van der Waals surface area contributed by atoms with Crippen LogP contribution in [0.3, 0.4) is 0 Å². The van der Waals surface area contributed by atoms with Crippen LogP contribution < -0.4 is 16.0 Å². The van der Waals surface area contributed by atoms with Gasteiger partial charge in [0.15, 0.2) is 5.82 Å². The number of pyridine rings is 2. The van der Waals surface area contributed by atoms with E-state index < -0.39 is 18.0 Å². The standard InChI is InChI=1S/C24H26FN5O3/c1-11-3-19-23(29-8-11)12(2)17(9-27-19)16-4-13-5-20(28-10-18(13)22(26)21(16)25)30(24(32)33)14-6-15(31)7-14/h4-5,9-11,14-15,29,31H,3,6-8,26H2,1-2H3,(H,32,33)/t11-,14-,15+/m1/s1. The topological polar surface area (TPSA) is 125 Å². The monoisotopic (exact) mass is 451 g/mol. The molecule has 0 spiro atoms. The van der Waals surface area contributed by atoms with Crippen LogP contribution in [0.2, 0.25) is 0 Å². The number of anilines is 3. The number of benzene rings is 1. The van der Waals surface area contributed by atoms with E-state index in [4.69, 9.17) is 5.73 Å². The van der Waals surface area contributed by atoms with Gasteiger partial charge in [-0.15, -0.1) is 0 Å². The molecule has 1 atom stereocenters. The van der Waals surface area contributed by atoms with Crippen LogP contribution in [-0.4, -0.2) is 45.0 Å². The molecule has 5 N–H and O–H groups in total. The second-order valence-corrected chi connectivity index (χ2v) is 9.16. The van der Waals surface area contributed by atoms with Crippen molar-refractivity contribution in [1.29, 1.82) is 0 Å². The highest BCUT2D eigenvalue weighted by Gasteiger charge is 2.37. The highest BCUT2D eigenvalue weighted by atomic mass is 19.1. The van der Waals surface area contributed by atoms with Gasteiger partial charge in [-0.05, 0) is 55.2 Å². The summed E-state index contributed by atoms with van der Waals surface area (Å²) in [7, 11) is 0. The number of nitrogen functional groups attached to an aromatic ring is 1. The molecule has 0 radical (unpaired) electrons. The van der Waals surface area contributed by atoms with E-state index in [-0.39, 0.29) is 17.5 Å². The predicted molar refractivity (Wildman–Crippen MR) is 125 cm³/mol. The van der Waals surface area contributed by atoms with Gasteiger partial charge in [0.2, 0.25) is 0 Å². The van der Waals surface area contributed by atoms with Gasteiger partial charge in [-0.25, -0.2) is 14.2 Å². The number of aromatic nitrogens is 2. The lowest BCUT2D eigenvalue weighted by Crippen LogP contribution is -2.50. The van der Waals surface area contributed by atoms with Crippen LogP contribution in [0, 0.1) is 18.7 Å². The molecule has 2 aromatic heterocycles. The Morgan fingerprint density at radius 2 is 2.00 bits per heavy atom. The molecule has 1 amide bonds. The Hall–Kier alpha value is -3.46. The number of rotatable bonds is 3. The van der Waals surface area contributed by atoms with E-state index in [9.17, 15) is 15.0 Å². The summed E-state index contributed by atoms with van der Waals surface area (Å²) in [6, 6.07) is 2.93. The molecular formula is C24H26FN5O3. The highest BCUT2D eigenvalue weighted by molar-refractivity contribution is 5.99. The van der Waals surface area contributed by atoms with E-state index in [0.29, 0.717) is 40.7 Å². The summed E-state index contributed by atoms with van der Waals surface area (Å²) in [5, 5.41) is 23.7. The van der Waals surface area contributed by atoms with Crippen molar-refractivity contribution in [2.45, 2.75) is 45.3 Å². The number of fused-ring (bicyclic) bond motifs is 2. The summed E-state index contributed by atoms with van der Waals surface area (Å²) in [6.07, 6.45) is 3.00. The van der Waals surface area contributed by atoms with Crippen LogP contribution in [0.25, 0.3) is 21.9 Å². The van der Waals surface area contributed by atoms with Crippen LogP contribution in [-0.2, 0) is 6.42 Å². The molecule has 8 nitrogen and oxygen atoms in total. The van der Waals surface area contributed by atoms with E-state index in [1.165, 1.54) is 6.20 Å². The second-order valence-electron chi connectivity index (χ2n) is 9.16. The summed E-state index contributed by atoms with van der Waals surface area (Å²) in [6.45, 7) is 4.92. The minimum absolute atomic E-state index is 0.0406. The zero-order valence-corrected chi connectivity index (χ0v) is 18.5. The molecule has 1 aliphatic heterocycles. The number of amides is 1. The molecule has 33 heavy (non-hydrogen) atoms. The number of aliphatic hydroxyl groups excluding tert-OH is 1. The molecule has 172 valence electrons. The molecular weight excluding hydrogens is 425 g/mol. The molecule has 1 fully saturated rings. The first kappa shape index (κ1) is 21.4. The zero-order valence-electron chi connectivity index (χ0n) is 18.5. The molecule has 1 saturated carbocycles. The normalized spacial score (nSPS) is 21.8. The van der Waals surface area contributed by atoms with E-state index in [0.717, 1.165) is 34.8 Å². The quantitative estimate of drug-likeness (QED) is 0.445. The molecule has 5 rings (SSSR count). The van der Waals surface area contributed by atoms with Crippen molar-refractivity contribution in [3.05, 3.63) is 41.6 Å². The third kappa shape index (κ3) is 3.52. The lowest BCUT2D eigenvalue weighted by Gasteiger charge is -2.38. The van der Waals surface area contributed by atoms with Gasteiger partial charge < -0.3 is 21.3 Å². The lowest BCUT2D eigenvalue weighted by molar-refractivity contribution is 0.0725. The Labute approximate surface area is 190 Å². The van der Waals surface area contributed by atoms with Crippen molar-refractivity contribution in [2.24, 2.45) is 5.92 Å². The van der Waals surface area contributed by atoms with Crippen LogP contribution >= 0.6 is 0 Å². The fourth-order valence-corrected chi connectivity index (χ4v) is 4.82. The van der Waals surface area contributed by atoms with Crippen molar-refractivity contribution in [3.63, 3.8) is 0 Å². The number of aliphatic hydroxyl groups is 1. The van der Waals surface area contributed by atoms with E-state index in [2.05, 4.69) is 22.2 Å². The SMILES string of the molecule is Cc1c(-c2cc3cc(N(C(=O)O)[C@H]4C[C@@H](O)C4)ncc3c(N)c2F)cnc2c1NC[C@H](C)C2. The van der Waals surface area contributed by atoms with Gasteiger partial charge in [0.05, 0.1) is 23.2 Å². The second kappa shape index (κ2) is 7.84. The predicted octanol–water partition coefficient (Wildman–Crippen LogP) is 3.94. The molecule has 3 heterocycles. The van der Waals surface area contributed by atoms with Crippen molar-refractivity contribution < 1.29 is 19.4 Å². The molecule has 3 aromatic rings. The Balaban J connectivity index is 1.62. The maximum absolute atomic E-state index is 15.4. The van der Waals surface area contributed by atoms with Crippen LogP contribution in [0.5, 0.6) is 0 Å². The Morgan fingerprint density at radius 1 is 1.24 bits per heavy atom. The number of nitrogens with two attached hydrogens (primary N) is 1. The van der Waals surface area contributed by atoms with Crippen molar-refractivity contribution in [2.75, 3.05) is 22.5 Å². The molecule has 0 saturated heterocycles. The first-order chi connectivity index (χ1) is 15.7. The van der Waals surface area contributed by atoms with Crippen LogP contribution in [0.1, 0.15) is 31.0 Å². The fourth-order valence-electron chi connectivity index (χ4n) is 4.82. The Morgan fingerprint density at radius 3 is 2.70 bits per heavy atom. The van der Waals surface area contributed by atoms with E-state index in [1.807, 2.05) is 6.92 Å². The number of carboxylic acid groups (broad SMARTS) is 1. The third-order valence-electron chi connectivity index (χ3n) is 6.77. The number of nitrogens with zero attached hydrogens (tertiary/aromatic N) is 3. The van der Waals surface area contributed by atoms with Gasteiger partial charge in [-0.3, -0.25) is 9.88 Å². The lowest BCUT2D eigenvalue weighted by atomic mass is 9.88. The van der Waals surface area contributed by atoms with E-state index >= 15 is 4.39 Å². The largest absolute Gasteiger partial charge is 0.465 e. The van der Waals surface area contributed by atoms with Crippen molar-refractivity contribution >= 4 is 34.1 Å². The van der Waals surface area contributed by atoms with Crippen LogP contribution in [0.4, 0.5) is 26.4 Å². The zero-order chi connectivity index (χ0) is 23.4. The fraction of sp³-hybridized carbons (Fsp3) is 0.375. The van der Waals surface area contributed by atoms with Gasteiger partial charge in [0.1, 0.15) is 5.82 Å². The summed E-state index contributed by atoms with van der Waals surface area (Å²) < 4.78 is 15.4. The minimum Gasteiger partial charge on any atom is -0.465 e. The summed E-state index contributed by atoms with van der Waals surface area (Å²) in [5.74, 6) is 0.145. The van der Waals surface area contributed by atoms with Crippen molar-refractivity contribution in [1.82, 2.24) is 9.97 Å². The highest BCUT2D eigenvalue weighted by Crippen LogP contribution is 2.39. The Bertz CT molecular complexity index is 1270. The number of halogens is 1. The Kier molecular flexibility index (Phi) is 5.08. The van der Waals surface area contributed by atoms with Gasteiger partial charge in [-0.1, -0.05) is 6.92 Å². The first-order valence-electron chi connectivity index (χ1n) is 11.0. The summed E-state index contributed by atoms with van der Waals surface area (Å²) in [4.78, 5) is 21.9. The number of nitrogens with one attached hydrogen (secondary N) is 1. The number of hydrogen-bond donors (Lipinski definition) is 4. The number of hydrogen-bond acceptors (Lipinski definition) is 6. The van der Waals surface area contributed by atoms with Gasteiger partial charge in [-0.2, -0.15) is 0 Å². The summed E-state index contributed by atoms with van der Waals surface area (Å²) >= 11 is 0. The summed E-state index contributed by atoms with van der Waals surface area (Å²) in [5.41, 5.74) is 9.85. The molecule has 0 bridgehead atoms. The average molecular weight is 452 g/mol. The van der Waals surface area contributed by atoms with Crippen LogP contribution in [0.15, 0.2) is 24.5 Å². The molecule has 9 heteroatoms. The van der Waals surface area contributed by atoms with Crippen molar-refractivity contribution in [3.8, 4) is 11.1 Å². The third-order valence-corrected chi connectivity index (χ3v) is 6.77. The van der Waals surface area contributed by atoms with Gasteiger partial charge >= 0.3 is 6.09 Å². The number of carbonyl (C=O) groups is 1. The first-order valence-corrected chi connectivity index (χ1v) is 11.0. The molecule has 1 aromatic carbocycles. The molecule has 1 aliphatic carbocycles. The minimum atomic E-state index is -1.15. The average Bonchev–Trinajstić information content (AvgIpc) is 2.75.